The molecule has 0 atom stereocenters. The number of hydrogen-bond donors (Lipinski definition) is 2. The SMILES string of the molecule is Cc1ccc(-c2ccc(/C=C/C(=O)NC(=S)Nc3ccc(Br)cn3)o2)cc1Cl. The van der Waals surface area contributed by atoms with Crippen LogP contribution in [0.25, 0.3) is 17.4 Å². The average molecular weight is 477 g/mol. The van der Waals surface area contributed by atoms with Gasteiger partial charge in [0.05, 0.1) is 0 Å². The van der Waals surface area contributed by atoms with Gasteiger partial charge in [0, 0.05) is 27.3 Å². The number of nitrogens with zero attached hydrogens (tertiary/aromatic N) is 1. The maximum atomic E-state index is 12.0. The van der Waals surface area contributed by atoms with Gasteiger partial charge in [-0.15, -0.1) is 0 Å². The number of amides is 1. The van der Waals surface area contributed by atoms with Gasteiger partial charge < -0.3 is 9.73 Å². The van der Waals surface area contributed by atoms with E-state index in [4.69, 9.17) is 28.2 Å². The Bertz CT molecular complexity index is 1050. The minimum atomic E-state index is -0.383. The van der Waals surface area contributed by atoms with Gasteiger partial charge in [-0.25, -0.2) is 4.98 Å². The van der Waals surface area contributed by atoms with E-state index in [0.717, 1.165) is 15.6 Å². The molecule has 0 aliphatic heterocycles. The predicted molar refractivity (Wildman–Crippen MR) is 119 cm³/mol. The molecule has 0 fully saturated rings. The van der Waals surface area contributed by atoms with E-state index in [1.807, 2.05) is 37.3 Å². The van der Waals surface area contributed by atoms with Gasteiger partial charge in [0.1, 0.15) is 17.3 Å². The summed E-state index contributed by atoms with van der Waals surface area (Å²) in [5, 5.41) is 6.21. The van der Waals surface area contributed by atoms with Gasteiger partial charge in [0.25, 0.3) is 0 Å². The normalized spacial score (nSPS) is 10.8. The highest BCUT2D eigenvalue weighted by Crippen LogP contribution is 2.27. The number of thiocarbonyl (C=S) groups is 1. The zero-order valence-electron chi connectivity index (χ0n) is 14.7. The average Bonchev–Trinajstić information content (AvgIpc) is 3.13. The molecule has 8 heteroatoms. The summed E-state index contributed by atoms with van der Waals surface area (Å²) in [6, 6.07) is 12.8. The van der Waals surface area contributed by atoms with Crippen molar-refractivity contribution in [2.45, 2.75) is 6.92 Å². The number of halogens is 2. The highest BCUT2D eigenvalue weighted by Gasteiger charge is 2.06. The fourth-order valence-corrected chi connectivity index (χ4v) is 2.87. The molecule has 0 saturated carbocycles. The number of carbonyl (C=O) groups excluding carboxylic acids is 1. The number of nitrogens with one attached hydrogen (secondary N) is 2. The minimum absolute atomic E-state index is 0.152. The molecule has 5 nitrogen and oxygen atoms in total. The van der Waals surface area contributed by atoms with Gasteiger partial charge in [-0.1, -0.05) is 23.7 Å². The van der Waals surface area contributed by atoms with Gasteiger partial charge >= 0.3 is 0 Å². The van der Waals surface area contributed by atoms with Crippen LogP contribution in [0.2, 0.25) is 5.02 Å². The number of carbonyl (C=O) groups is 1. The van der Waals surface area contributed by atoms with Crippen LogP contribution in [0, 0.1) is 6.92 Å². The Morgan fingerprint density at radius 2 is 2.07 bits per heavy atom. The van der Waals surface area contributed by atoms with E-state index in [9.17, 15) is 4.79 Å². The maximum Gasteiger partial charge on any atom is 0.250 e. The molecule has 0 unspecified atom stereocenters. The third-order valence-corrected chi connectivity index (χ3v) is 4.77. The molecule has 0 aliphatic rings. The number of furan rings is 1. The lowest BCUT2D eigenvalue weighted by molar-refractivity contribution is -0.115. The molecule has 142 valence electrons. The molecule has 3 aromatic rings. The Morgan fingerprint density at radius 3 is 2.79 bits per heavy atom. The van der Waals surface area contributed by atoms with E-state index in [-0.39, 0.29) is 11.0 Å². The molecule has 3 rings (SSSR count). The number of benzene rings is 1. The first-order chi connectivity index (χ1) is 13.4. The summed E-state index contributed by atoms with van der Waals surface area (Å²) in [6.07, 6.45) is 4.53. The lowest BCUT2D eigenvalue weighted by Crippen LogP contribution is -2.33. The van der Waals surface area contributed by atoms with Crippen LogP contribution in [-0.2, 0) is 4.79 Å². The Hall–Kier alpha value is -2.48. The molecule has 0 aliphatic carbocycles. The zero-order chi connectivity index (χ0) is 20.1. The smallest absolute Gasteiger partial charge is 0.250 e. The first-order valence-electron chi connectivity index (χ1n) is 8.19. The van der Waals surface area contributed by atoms with Crippen molar-refractivity contribution >= 4 is 62.7 Å². The number of aryl methyl sites for hydroxylation is 1. The molecule has 1 aromatic carbocycles. The second kappa shape index (κ2) is 9.14. The first-order valence-corrected chi connectivity index (χ1v) is 9.76. The third kappa shape index (κ3) is 5.51. The Balaban J connectivity index is 1.58. The molecule has 1 amide bonds. The maximum absolute atomic E-state index is 12.0. The van der Waals surface area contributed by atoms with E-state index in [0.29, 0.717) is 22.4 Å². The van der Waals surface area contributed by atoms with E-state index in [1.54, 1.807) is 24.4 Å². The summed E-state index contributed by atoms with van der Waals surface area (Å²) in [6.45, 7) is 1.94. The molecule has 2 aromatic heterocycles. The van der Waals surface area contributed by atoms with Gasteiger partial charge in [0.15, 0.2) is 5.11 Å². The first kappa shape index (κ1) is 20.3. The summed E-state index contributed by atoms with van der Waals surface area (Å²) in [5.74, 6) is 1.35. The molecule has 2 N–H and O–H groups in total. The van der Waals surface area contributed by atoms with Gasteiger partial charge in [-0.05, 0) is 77.0 Å². The van der Waals surface area contributed by atoms with Crippen molar-refractivity contribution in [3.8, 4) is 11.3 Å². The van der Waals surface area contributed by atoms with Crippen molar-refractivity contribution in [2.24, 2.45) is 0 Å². The highest BCUT2D eigenvalue weighted by atomic mass is 79.9. The Morgan fingerprint density at radius 1 is 1.25 bits per heavy atom. The molecule has 28 heavy (non-hydrogen) atoms. The van der Waals surface area contributed by atoms with Crippen LogP contribution in [0.5, 0.6) is 0 Å². The second-order valence-corrected chi connectivity index (χ2v) is 7.54. The fraction of sp³-hybridized carbons (Fsp3) is 0.0500. The molecule has 0 saturated heterocycles. The van der Waals surface area contributed by atoms with Crippen molar-refractivity contribution in [1.29, 1.82) is 0 Å². The fourth-order valence-electron chi connectivity index (χ4n) is 2.25. The van der Waals surface area contributed by atoms with Crippen molar-refractivity contribution in [1.82, 2.24) is 10.3 Å². The van der Waals surface area contributed by atoms with Crippen LogP contribution in [-0.4, -0.2) is 16.0 Å². The van der Waals surface area contributed by atoms with E-state index >= 15 is 0 Å². The van der Waals surface area contributed by atoms with E-state index in [2.05, 4.69) is 31.5 Å². The van der Waals surface area contributed by atoms with Crippen LogP contribution in [0.15, 0.2) is 63.6 Å². The standard InChI is InChI=1S/C20H15BrClN3O2S/c1-12-2-3-13(10-16(12)22)17-7-5-15(27-17)6-9-19(26)25-20(28)24-18-8-4-14(21)11-23-18/h2-11H,1H3,(H2,23,24,25,26,28)/b9-6+. The number of hydrogen-bond acceptors (Lipinski definition) is 4. The van der Waals surface area contributed by atoms with E-state index < -0.39 is 0 Å². The van der Waals surface area contributed by atoms with Gasteiger partial charge in [0.2, 0.25) is 5.91 Å². The summed E-state index contributed by atoms with van der Waals surface area (Å²) in [7, 11) is 0. The lowest BCUT2D eigenvalue weighted by Gasteiger charge is -2.06. The number of pyridine rings is 1. The van der Waals surface area contributed by atoms with Crippen LogP contribution in [0.1, 0.15) is 11.3 Å². The second-order valence-electron chi connectivity index (χ2n) is 5.80. The summed E-state index contributed by atoms with van der Waals surface area (Å²) in [5.41, 5.74) is 1.86. The predicted octanol–water partition coefficient (Wildman–Crippen LogP) is 5.59. The molecule has 0 spiro atoms. The summed E-state index contributed by atoms with van der Waals surface area (Å²) >= 11 is 14.6. The monoisotopic (exact) mass is 475 g/mol. The molecule has 2 heterocycles. The van der Waals surface area contributed by atoms with Gasteiger partial charge in [-0.2, -0.15) is 0 Å². The van der Waals surface area contributed by atoms with Crippen molar-refractivity contribution in [3.63, 3.8) is 0 Å². The van der Waals surface area contributed by atoms with Crippen molar-refractivity contribution in [2.75, 3.05) is 5.32 Å². The lowest BCUT2D eigenvalue weighted by atomic mass is 10.1. The molecule has 0 radical (unpaired) electrons. The Labute approximate surface area is 180 Å². The number of aromatic nitrogens is 1. The molecular weight excluding hydrogens is 462 g/mol. The van der Waals surface area contributed by atoms with Crippen LogP contribution < -0.4 is 10.6 Å². The number of anilines is 1. The Kier molecular flexibility index (Phi) is 6.61. The summed E-state index contributed by atoms with van der Waals surface area (Å²) < 4.78 is 6.59. The molecular formula is C20H15BrClN3O2S. The quantitative estimate of drug-likeness (QED) is 0.379. The van der Waals surface area contributed by atoms with Crippen LogP contribution >= 0.6 is 39.7 Å². The largest absolute Gasteiger partial charge is 0.457 e. The summed E-state index contributed by atoms with van der Waals surface area (Å²) in [4.78, 5) is 16.1. The number of rotatable bonds is 4. The van der Waals surface area contributed by atoms with Crippen LogP contribution in [0.3, 0.4) is 0 Å². The zero-order valence-corrected chi connectivity index (χ0v) is 17.9. The van der Waals surface area contributed by atoms with Crippen molar-refractivity contribution in [3.05, 3.63) is 75.6 Å². The minimum Gasteiger partial charge on any atom is -0.457 e. The van der Waals surface area contributed by atoms with Crippen molar-refractivity contribution < 1.29 is 9.21 Å². The third-order valence-electron chi connectivity index (χ3n) is 3.69. The van der Waals surface area contributed by atoms with Crippen LogP contribution in [0.4, 0.5) is 5.82 Å². The highest BCUT2D eigenvalue weighted by molar-refractivity contribution is 9.10. The topological polar surface area (TPSA) is 67.2 Å². The molecule has 0 bridgehead atoms. The van der Waals surface area contributed by atoms with Gasteiger partial charge in [-0.3, -0.25) is 10.1 Å². The van der Waals surface area contributed by atoms with E-state index in [1.165, 1.54) is 6.08 Å².